The van der Waals surface area contributed by atoms with Gasteiger partial charge in [-0.2, -0.15) is 5.10 Å². The molecule has 0 unspecified atom stereocenters. The maximum atomic E-state index is 14.0. The maximum Gasteiger partial charge on any atom is 0.272 e. The third-order valence-electron chi connectivity index (χ3n) is 5.37. The van der Waals surface area contributed by atoms with E-state index >= 15 is 0 Å². The second-order valence-corrected chi connectivity index (χ2v) is 7.66. The summed E-state index contributed by atoms with van der Waals surface area (Å²) >= 11 is 0. The summed E-state index contributed by atoms with van der Waals surface area (Å²) in [5.41, 5.74) is 4.63. The van der Waals surface area contributed by atoms with Crippen molar-refractivity contribution in [3.8, 4) is 17.0 Å². The van der Waals surface area contributed by atoms with Crippen LogP contribution in [0.5, 0.6) is 5.75 Å². The largest absolute Gasteiger partial charge is 0.491 e. The van der Waals surface area contributed by atoms with Crippen molar-refractivity contribution in [2.75, 3.05) is 20.2 Å². The lowest BCUT2D eigenvalue weighted by Crippen LogP contribution is -2.32. The van der Waals surface area contributed by atoms with Gasteiger partial charge in [-0.1, -0.05) is 26.8 Å². The molecule has 3 aromatic rings. The number of ether oxygens (including phenoxy) is 1. The molecule has 0 fully saturated rings. The van der Waals surface area contributed by atoms with Crippen LogP contribution in [0.25, 0.3) is 11.3 Å². The van der Waals surface area contributed by atoms with Gasteiger partial charge < -0.3 is 9.64 Å². The summed E-state index contributed by atoms with van der Waals surface area (Å²) in [6.07, 6.45) is 4.97. The highest BCUT2D eigenvalue weighted by Crippen LogP contribution is 2.30. The number of hydrogen-bond donors (Lipinski definition) is 0. The fourth-order valence-electron chi connectivity index (χ4n) is 3.64. The predicted octanol–water partition coefficient (Wildman–Crippen LogP) is 5.40. The second kappa shape index (κ2) is 12.7. The van der Waals surface area contributed by atoms with Crippen LogP contribution in [0.3, 0.4) is 0 Å². The number of likely N-dealkylation sites (N-methyl/N-ethyl adjacent to an activating group) is 1. The van der Waals surface area contributed by atoms with E-state index in [1.165, 1.54) is 12.1 Å². The predicted molar refractivity (Wildman–Crippen MR) is 135 cm³/mol. The molecule has 0 spiro atoms. The van der Waals surface area contributed by atoms with E-state index in [0.717, 1.165) is 23.2 Å². The number of nitrogens with zero attached hydrogens (tertiary/aromatic N) is 4. The van der Waals surface area contributed by atoms with Crippen LogP contribution in [0.4, 0.5) is 4.39 Å². The number of aromatic nitrogens is 3. The monoisotopic (exact) mass is 466 g/mol. The fourth-order valence-corrected chi connectivity index (χ4v) is 3.64. The average Bonchev–Trinajstić information content (AvgIpc) is 3.14. The number of carbonyl (C=O) groups excluding carboxylic acids is 1. The van der Waals surface area contributed by atoms with Crippen molar-refractivity contribution in [2.24, 2.45) is 7.05 Å². The van der Waals surface area contributed by atoms with Gasteiger partial charge in [0.2, 0.25) is 0 Å². The molecule has 182 valence electrons. The Morgan fingerprint density at radius 2 is 2.00 bits per heavy atom. The molecule has 0 bridgehead atoms. The zero-order valence-electron chi connectivity index (χ0n) is 21.1. The summed E-state index contributed by atoms with van der Waals surface area (Å²) in [7, 11) is 3.51. The Labute approximate surface area is 202 Å². The highest BCUT2D eigenvalue weighted by atomic mass is 19.1. The van der Waals surface area contributed by atoms with Crippen molar-refractivity contribution in [3.63, 3.8) is 0 Å². The van der Waals surface area contributed by atoms with Crippen LogP contribution in [0, 0.1) is 12.7 Å². The Kier molecular flexibility index (Phi) is 9.98. The number of benzene rings is 1. The number of allylic oxidation sites excluding steroid dienone is 1. The van der Waals surface area contributed by atoms with Crippen molar-refractivity contribution in [1.29, 1.82) is 0 Å². The van der Waals surface area contributed by atoms with Gasteiger partial charge in [0.1, 0.15) is 23.9 Å². The molecule has 34 heavy (non-hydrogen) atoms. The Morgan fingerprint density at radius 1 is 1.26 bits per heavy atom. The van der Waals surface area contributed by atoms with Crippen molar-refractivity contribution in [3.05, 3.63) is 77.5 Å². The molecule has 7 heteroatoms. The van der Waals surface area contributed by atoms with Gasteiger partial charge in [0.25, 0.3) is 5.91 Å². The van der Waals surface area contributed by atoms with E-state index in [0.29, 0.717) is 35.7 Å². The zero-order valence-corrected chi connectivity index (χ0v) is 21.1. The van der Waals surface area contributed by atoms with E-state index in [-0.39, 0.29) is 18.3 Å². The molecule has 0 saturated heterocycles. The normalized spacial score (nSPS) is 10.3. The van der Waals surface area contributed by atoms with Crippen LogP contribution in [-0.2, 0) is 19.9 Å². The van der Waals surface area contributed by atoms with E-state index in [1.54, 1.807) is 35.9 Å². The quantitative estimate of drug-likeness (QED) is 0.396. The third kappa shape index (κ3) is 6.31. The first-order chi connectivity index (χ1) is 16.3. The smallest absolute Gasteiger partial charge is 0.272 e. The lowest BCUT2D eigenvalue weighted by molar-refractivity contribution is 0.0762. The lowest BCUT2D eigenvalue weighted by atomic mass is 10.1. The lowest BCUT2D eigenvalue weighted by Gasteiger charge is -2.19. The molecule has 0 aliphatic heterocycles. The number of pyridine rings is 1. The standard InChI is InChI=1S/C25H29FN4O2.C2H6/c1-6-8-18-11-12-27-22(15-18)20-16-19(26)9-10-23(20)32-14-13-29(4)25(31)24-17(3)21(7-2)28-30(24)5;1-2/h6,9-12,15-16H,1,7-8,13-14H2,2-5H3;1-2H3. The Balaban J connectivity index is 0.00000199. The molecular formula is C27H35FN4O2. The molecule has 2 aromatic heterocycles. The zero-order chi connectivity index (χ0) is 25.3. The maximum absolute atomic E-state index is 14.0. The van der Waals surface area contributed by atoms with Gasteiger partial charge in [0.15, 0.2) is 0 Å². The molecule has 0 atom stereocenters. The molecule has 2 heterocycles. The van der Waals surface area contributed by atoms with Gasteiger partial charge in [-0.25, -0.2) is 4.39 Å². The molecule has 0 saturated carbocycles. The number of aryl methyl sites for hydroxylation is 2. The first-order valence-corrected chi connectivity index (χ1v) is 11.6. The number of amides is 1. The van der Waals surface area contributed by atoms with E-state index in [9.17, 15) is 9.18 Å². The van der Waals surface area contributed by atoms with E-state index < -0.39 is 0 Å². The summed E-state index contributed by atoms with van der Waals surface area (Å²) < 4.78 is 21.6. The summed E-state index contributed by atoms with van der Waals surface area (Å²) in [4.78, 5) is 18.9. The highest BCUT2D eigenvalue weighted by molar-refractivity contribution is 5.94. The van der Waals surface area contributed by atoms with Crippen molar-refractivity contribution in [1.82, 2.24) is 19.7 Å². The van der Waals surface area contributed by atoms with Crippen LogP contribution in [0.1, 0.15) is 48.1 Å². The third-order valence-corrected chi connectivity index (χ3v) is 5.37. The number of halogens is 1. The van der Waals surface area contributed by atoms with Crippen molar-refractivity contribution >= 4 is 5.91 Å². The molecular weight excluding hydrogens is 431 g/mol. The van der Waals surface area contributed by atoms with Crippen molar-refractivity contribution < 1.29 is 13.9 Å². The summed E-state index contributed by atoms with van der Waals surface area (Å²) in [5.74, 6) is 0.0355. The molecule has 0 radical (unpaired) electrons. The second-order valence-electron chi connectivity index (χ2n) is 7.66. The summed E-state index contributed by atoms with van der Waals surface area (Å²) in [6, 6.07) is 8.15. The van der Waals surface area contributed by atoms with Crippen LogP contribution in [0.15, 0.2) is 49.2 Å². The Morgan fingerprint density at radius 3 is 2.65 bits per heavy atom. The van der Waals surface area contributed by atoms with Crippen molar-refractivity contribution in [2.45, 2.75) is 40.5 Å². The van der Waals surface area contributed by atoms with Gasteiger partial charge in [0, 0.05) is 31.4 Å². The molecule has 3 rings (SSSR count). The minimum atomic E-state index is -0.367. The topological polar surface area (TPSA) is 60.2 Å². The first kappa shape index (κ1) is 26.8. The average molecular weight is 467 g/mol. The minimum Gasteiger partial charge on any atom is -0.491 e. The van der Waals surface area contributed by atoms with Gasteiger partial charge >= 0.3 is 0 Å². The fraction of sp³-hybridized carbons (Fsp3) is 0.370. The SMILES string of the molecule is C=CCc1ccnc(-c2cc(F)ccc2OCCN(C)C(=O)c2c(C)c(CC)nn2C)c1.CC. The molecule has 0 aliphatic rings. The molecule has 1 aromatic carbocycles. The highest BCUT2D eigenvalue weighted by Gasteiger charge is 2.21. The van der Waals surface area contributed by atoms with Gasteiger partial charge in [-0.05, 0) is 55.7 Å². The number of rotatable bonds is 9. The van der Waals surface area contributed by atoms with E-state index in [1.807, 2.05) is 45.9 Å². The first-order valence-electron chi connectivity index (χ1n) is 11.6. The van der Waals surface area contributed by atoms with Crippen LogP contribution in [-0.4, -0.2) is 45.8 Å². The van der Waals surface area contributed by atoms with Crippen LogP contribution in [0.2, 0.25) is 0 Å². The minimum absolute atomic E-state index is 0.112. The summed E-state index contributed by atoms with van der Waals surface area (Å²) in [5, 5.41) is 4.42. The van der Waals surface area contributed by atoms with E-state index in [4.69, 9.17) is 4.74 Å². The van der Waals surface area contributed by atoms with Crippen LogP contribution >= 0.6 is 0 Å². The van der Waals surface area contributed by atoms with Crippen LogP contribution < -0.4 is 4.74 Å². The van der Waals surface area contributed by atoms with Gasteiger partial charge in [-0.15, -0.1) is 6.58 Å². The number of carbonyl (C=O) groups is 1. The number of hydrogen-bond acceptors (Lipinski definition) is 4. The van der Waals surface area contributed by atoms with Gasteiger partial charge in [-0.3, -0.25) is 14.5 Å². The molecule has 1 amide bonds. The molecule has 0 aliphatic carbocycles. The molecule has 6 nitrogen and oxygen atoms in total. The van der Waals surface area contributed by atoms with Gasteiger partial charge in [0.05, 0.1) is 17.9 Å². The summed E-state index contributed by atoms with van der Waals surface area (Å²) in [6.45, 7) is 12.3. The van der Waals surface area contributed by atoms with E-state index in [2.05, 4.69) is 16.7 Å². The Bertz CT molecular complexity index is 1120. The molecule has 0 N–H and O–H groups in total. The Hall–Kier alpha value is -3.48.